The fourth-order valence-corrected chi connectivity index (χ4v) is 3.63. The van der Waals surface area contributed by atoms with Crippen molar-refractivity contribution in [3.63, 3.8) is 0 Å². The van der Waals surface area contributed by atoms with E-state index in [0.29, 0.717) is 13.2 Å². The van der Waals surface area contributed by atoms with E-state index in [1.54, 1.807) is 0 Å². The summed E-state index contributed by atoms with van der Waals surface area (Å²) in [6.45, 7) is 6.86. The molecule has 146 valence electrons. The van der Waals surface area contributed by atoms with Crippen LogP contribution in [-0.4, -0.2) is 55.4 Å². The van der Waals surface area contributed by atoms with E-state index in [1.165, 1.54) is 5.56 Å². The number of hydrogen-bond acceptors (Lipinski definition) is 4. The largest absolute Gasteiger partial charge is 0.491 e. The lowest BCUT2D eigenvalue weighted by Crippen LogP contribution is -2.49. The van der Waals surface area contributed by atoms with Crippen molar-refractivity contribution < 1.29 is 9.84 Å². The minimum atomic E-state index is -0.488. The van der Waals surface area contributed by atoms with E-state index in [9.17, 15) is 5.11 Å². The highest BCUT2D eigenvalue weighted by Gasteiger charge is 2.20. The van der Waals surface area contributed by atoms with E-state index in [4.69, 9.17) is 16.3 Å². The van der Waals surface area contributed by atoms with Crippen LogP contribution in [0.3, 0.4) is 0 Å². The Morgan fingerprint density at radius 3 is 2.48 bits per heavy atom. The number of aryl methyl sites for hydroxylation is 1. The summed E-state index contributed by atoms with van der Waals surface area (Å²) in [6.07, 6.45) is 1.74. The first-order valence-electron chi connectivity index (χ1n) is 9.76. The lowest BCUT2D eigenvalue weighted by Gasteiger charge is -2.36. The Hall–Kier alpha value is -1.75. The summed E-state index contributed by atoms with van der Waals surface area (Å²) in [4.78, 5) is 4.63. The van der Waals surface area contributed by atoms with Gasteiger partial charge in [-0.05, 0) is 42.3 Å². The Bertz CT molecular complexity index is 700. The Morgan fingerprint density at radius 1 is 1.07 bits per heavy atom. The average molecular weight is 389 g/mol. The number of rotatable bonds is 8. The molecule has 1 aliphatic rings. The molecule has 0 saturated carbocycles. The van der Waals surface area contributed by atoms with Crippen molar-refractivity contribution in [2.45, 2.75) is 25.9 Å². The highest BCUT2D eigenvalue weighted by atomic mass is 35.5. The van der Waals surface area contributed by atoms with Crippen molar-refractivity contribution in [1.82, 2.24) is 4.90 Å². The number of β-amino-alcohol motifs (C(OH)–C–C–N with tert-alkyl or cyclic N) is 1. The SMILES string of the molecule is CCCc1ccc(OC[C@H](O)CN2CCN(c3cccc(Cl)c3)CC2)cc1. The van der Waals surface area contributed by atoms with Gasteiger partial charge in [-0.3, -0.25) is 4.90 Å². The summed E-state index contributed by atoms with van der Waals surface area (Å²) in [5, 5.41) is 11.1. The molecule has 1 aliphatic heterocycles. The third kappa shape index (κ3) is 6.13. The number of hydrogen-bond donors (Lipinski definition) is 1. The van der Waals surface area contributed by atoms with Crippen LogP contribution >= 0.6 is 11.6 Å². The molecule has 3 rings (SSSR count). The number of anilines is 1. The third-order valence-electron chi connectivity index (χ3n) is 4.92. The van der Waals surface area contributed by atoms with Gasteiger partial charge in [0.2, 0.25) is 0 Å². The second kappa shape index (κ2) is 9.98. The van der Waals surface area contributed by atoms with E-state index in [1.807, 2.05) is 30.3 Å². The first kappa shape index (κ1) is 20.0. The molecule has 0 radical (unpaired) electrons. The quantitative estimate of drug-likeness (QED) is 0.745. The Labute approximate surface area is 167 Å². The van der Waals surface area contributed by atoms with Gasteiger partial charge in [0.05, 0.1) is 0 Å². The molecule has 0 unspecified atom stereocenters. The lowest BCUT2D eigenvalue weighted by atomic mass is 10.1. The molecule has 1 atom stereocenters. The van der Waals surface area contributed by atoms with E-state index in [2.05, 4.69) is 34.9 Å². The van der Waals surface area contributed by atoms with Crippen LogP contribution < -0.4 is 9.64 Å². The van der Waals surface area contributed by atoms with Gasteiger partial charge in [0.25, 0.3) is 0 Å². The van der Waals surface area contributed by atoms with Crippen molar-refractivity contribution >= 4 is 17.3 Å². The number of aliphatic hydroxyl groups excluding tert-OH is 1. The first-order chi connectivity index (χ1) is 13.1. The van der Waals surface area contributed by atoms with Crippen LogP contribution in [0, 0.1) is 0 Å². The van der Waals surface area contributed by atoms with Crippen molar-refractivity contribution in [3.8, 4) is 5.75 Å². The second-order valence-electron chi connectivity index (χ2n) is 7.13. The molecular formula is C22H29ClN2O2. The molecule has 0 aliphatic carbocycles. The predicted octanol–water partition coefficient (Wildman–Crippen LogP) is 3.85. The molecule has 27 heavy (non-hydrogen) atoms. The number of aliphatic hydroxyl groups is 1. The van der Waals surface area contributed by atoms with Gasteiger partial charge in [-0.25, -0.2) is 0 Å². The van der Waals surface area contributed by atoms with E-state index < -0.39 is 6.10 Å². The van der Waals surface area contributed by atoms with Crippen molar-refractivity contribution in [2.24, 2.45) is 0 Å². The van der Waals surface area contributed by atoms with Crippen LogP contribution in [-0.2, 0) is 6.42 Å². The molecule has 0 amide bonds. The van der Waals surface area contributed by atoms with Crippen LogP contribution in [0.4, 0.5) is 5.69 Å². The average Bonchev–Trinajstić information content (AvgIpc) is 2.68. The summed E-state index contributed by atoms with van der Waals surface area (Å²) >= 11 is 6.09. The van der Waals surface area contributed by atoms with Crippen LogP contribution in [0.15, 0.2) is 48.5 Å². The van der Waals surface area contributed by atoms with Crippen LogP contribution in [0.1, 0.15) is 18.9 Å². The van der Waals surface area contributed by atoms with E-state index >= 15 is 0 Å². The molecule has 1 saturated heterocycles. The molecule has 1 N–H and O–H groups in total. The van der Waals surface area contributed by atoms with Gasteiger partial charge in [0.15, 0.2) is 0 Å². The Morgan fingerprint density at radius 2 is 1.81 bits per heavy atom. The minimum Gasteiger partial charge on any atom is -0.491 e. The zero-order chi connectivity index (χ0) is 19.1. The number of benzene rings is 2. The summed E-state index contributed by atoms with van der Waals surface area (Å²) in [5.74, 6) is 0.819. The number of piperazine rings is 1. The maximum atomic E-state index is 10.3. The minimum absolute atomic E-state index is 0.321. The molecule has 4 nitrogen and oxygen atoms in total. The van der Waals surface area contributed by atoms with Crippen LogP contribution in [0.5, 0.6) is 5.75 Å². The molecule has 2 aromatic carbocycles. The molecule has 1 heterocycles. The molecule has 0 bridgehead atoms. The van der Waals surface area contributed by atoms with Crippen LogP contribution in [0.25, 0.3) is 0 Å². The number of halogens is 1. The summed E-state index contributed by atoms with van der Waals surface area (Å²) in [5.41, 5.74) is 2.49. The standard InChI is InChI=1S/C22H29ClN2O2/c1-2-4-18-7-9-22(10-8-18)27-17-21(26)16-24-11-13-25(14-12-24)20-6-3-5-19(23)15-20/h3,5-10,15,21,26H,2,4,11-14,16-17H2,1H3/t21-/m1/s1. The summed E-state index contributed by atoms with van der Waals surface area (Å²) in [7, 11) is 0. The van der Waals surface area contributed by atoms with E-state index in [0.717, 1.165) is 55.5 Å². The Kier molecular flexibility index (Phi) is 7.39. The van der Waals surface area contributed by atoms with Crippen molar-refractivity contribution in [3.05, 3.63) is 59.1 Å². The summed E-state index contributed by atoms with van der Waals surface area (Å²) in [6, 6.07) is 16.2. The monoisotopic (exact) mass is 388 g/mol. The highest BCUT2D eigenvalue weighted by Crippen LogP contribution is 2.21. The highest BCUT2D eigenvalue weighted by molar-refractivity contribution is 6.30. The van der Waals surface area contributed by atoms with Gasteiger partial charge in [0, 0.05) is 43.4 Å². The van der Waals surface area contributed by atoms with Gasteiger partial charge in [-0.2, -0.15) is 0 Å². The Balaban J connectivity index is 1.39. The van der Waals surface area contributed by atoms with Crippen molar-refractivity contribution in [2.75, 3.05) is 44.2 Å². The topological polar surface area (TPSA) is 35.9 Å². The predicted molar refractivity (Wildman–Crippen MR) is 112 cm³/mol. The normalized spacial score (nSPS) is 16.3. The van der Waals surface area contributed by atoms with Crippen LogP contribution in [0.2, 0.25) is 5.02 Å². The molecule has 0 spiro atoms. The fourth-order valence-electron chi connectivity index (χ4n) is 3.45. The first-order valence-corrected chi connectivity index (χ1v) is 10.1. The zero-order valence-corrected chi connectivity index (χ0v) is 16.7. The molecule has 2 aromatic rings. The van der Waals surface area contributed by atoms with Crippen molar-refractivity contribution in [1.29, 1.82) is 0 Å². The van der Waals surface area contributed by atoms with Gasteiger partial charge in [-0.1, -0.05) is 43.1 Å². The molecular weight excluding hydrogens is 360 g/mol. The second-order valence-corrected chi connectivity index (χ2v) is 7.56. The molecule has 1 fully saturated rings. The molecule has 5 heteroatoms. The van der Waals surface area contributed by atoms with Gasteiger partial charge in [0.1, 0.15) is 18.5 Å². The third-order valence-corrected chi connectivity index (χ3v) is 5.15. The maximum Gasteiger partial charge on any atom is 0.119 e. The molecule has 0 aromatic heterocycles. The van der Waals surface area contributed by atoms with Gasteiger partial charge < -0.3 is 14.7 Å². The van der Waals surface area contributed by atoms with E-state index in [-0.39, 0.29) is 0 Å². The van der Waals surface area contributed by atoms with Gasteiger partial charge in [-0.15, -0.1) is 0 Å². The lowest BCUT2D eigenvalue weighted by molar-refractivity contribution is 0.0663. The smallest absolute Gasteiger partial charge is 0.119 e. The number of nitrogens with zero attached hydrogens (tertiary/aromatic N) is 2. The number of ether oxygens (including phenoxy) is 1. The van der Waals surface area contributed by atoms with Gasteiger partial charge >= 0.3 is 0 Å². The maximum absolute atomic E-state index is 10.3. The summed E-state index contributed by atoms with van der Waals surface area (Å²) < 4.78 is 5.74. The zero-order valence-electron chi connectivity index (χ0n) is 16.0. The fraction of sp³-hybridized carbons (Fsp3) is 0.455.